The molecular formula is C16H13BrF3NO5S. The van der Waals surface area contributed by atoms with Crippen molar-refractivity contribution in [3.05, 3.63) is 58.6 Å². The summed E-state index contributed by atoms with van der Waals surface area (Å²) in [5.74, 6) is -1.25. The topological polar surface area (TPSA) is 81.7 Å². The Kier molecular flexibility index (Phi) is 6.84. The van der Waals surface area contributed by atoms with Crippen LogP contribution >= 0.6 is 15.9 Å². The van der Waals surface area contributed by atoms with Crippen LogP contribution in [0.15, 0.2) is 57.9 Å². The van der Waals surface area contributed by atoms with Crippen LogP contribution in [0.2, 0.25) is 0 Å². The fourth-order valence-electron chi connectivity index (χ4n) is 1.87. The van der Waals surface area contributed by atoms with E-state index in [1.54, 1.807) is 6.07 Å². The summed E-state index contributed by atoms with van der Waals surface area (Å²) >= 11 is 3.15. The maximum Gasteiger partial charge on any atom is 0.573 e. The van der Waals surface area contributed by atoms with Crippen LogP contribution in [0.1, 0.15) is 5.56 Å². The van der Waals surface area contributed by atoms with Crippen molar-refractivity contribution in [1.82, 2.24) is 4.72 Å². The van der Waals surface area contributed by atoms with Crippen molar-refractivity contribution in [2.75, 3.05) is 6.54 Å². The van der Waals surface area contributed by atoms with Crippen LogP contribution in [0, 0.1) is 0 Å². The van der Waals surface area contributed by atoms with E-state index in [0.717, 1.165) is 12.1 Å². The third kappa shape index (κ3) is 7.19. The Balaban J connectivity index is 1.84. The van der Waals surface area contributed by atoms with Gasteiger partial charge in [0, 0.05) is 4.47 Å². The molecule has 0 aliphatic rings. The highest BCUT2D eigenvalue weighted by Crippen LogP contribution is 2.23. The summed E-state index contributed by atoms with van der Waals surface area (Å²) in [6.45, 7) is -0.826. The van der Waals surface area contributed by atoms with Crippen LogP contribution < -0.4 is 9.46 Å². The van der Waals surface area contributed by atoms with E-state index < -0.39 is 34.6 Å². The Morgan fingerprint density at radius 3 is 2.37 bits per heavy atom. The van der Waals surface area contributed by atoms with Gasteiger partial charge in [0.25, 0.3) is 0 Å². The standard InChI is InChI=1S/C16H13BrF3NO5S/c17-12-2-1-3-14(8-12)27(23,24)21-9-15(22)25-10-11-4-6-13(7-5-11)26-16(18,19)20/h1-8,21H,9-10H2. The molecule has 1 N–H and O–H groups in total. The van der Waals surface area contributed by atoms with Crippen molar-refractivity contribution in [3.63, 3.8) is 0 Å². The van der Waals surface area contributed by atoms with Crippen molar-refractivity contribution in [3.8, 4) is 5.75 Å². The molecule has 0 aliphatic carbocycles. The molecule has 0 fully saturated rings. The highest BCUT2D eigenvalue weighted by atomic mass is 79.9. The number of carbonyl (C=O) groups is 1. The monoisotopic (exact) mass is 467 g/mol. The number of carbonyl (C=O) groups excluding carboxylic acids is 1. The van der Waals surface area contributed by atoms with Gasteiger partial charge in [-0.25, -0.2) is 8.42 Å². The molecule has 0 saturated heterocycles. The summed E-state index contributed by atoms with van der Waals surface area (Å²) < 4.78 is 71.6. The number of esters is 1. The summed E-state index contributed by atoms with van der Waals surface area (Å²) in [5, 5.41) is 0. The summed E-state index contributed by atoms with van der Waals surface area (Å²) in [7, 11) is -3.89. The fraction of sp³-hybridized carbons (Fsp3) is 0.188. The van der Waals surface area contributed by atoms with Crippen LogP contribution in [0.3, 0.4) is 0 Å². The minimum atomic E-state index is -4.79. The third-order valence-electron chi connectivity index (χ3n) is 3.07. The number of nitrogens with one attached hydrogen (secondary N) is 1. The molecule has 0 radical (unpaired) electrons. The largest absolute Gasteiger partial charge is 0.573 e. The predicted octanol–water partition coefficient (Wildman–Crippen LogP) is 3.37. The summed E-state index contributed by atoms with van der Waals surface area (Å²) in [4.78, 5) is 11.7. The highest BCUT2D eigenvalue weighted by molar-refractivity contribution is 9.10. The number of benzene rings is 2. The molecule has 0 unspecified atom stereocenters. The average Bonchev–Trinajstić information content (AvgIpc) is 2.58. The third-order valence-corrected chi connectivity index (χ3v) is 4.96. The smallest absolute Gasteiger partial charge is 0.460 e. The van der Waals surface area contributed by atoms with Crippen LogP contribution in [-0.4, -0.2) is 27.3 Å². The SMILES string of the molecule is O=C(CNS(=O)(=O)c1cccc(Br)c1)OCc1ccc(OC(F)(F)F)cc1. The quantitative estimate of drug-likeness (QED) is 0.631. The van der Waals surface area contributed by atoms with Crippen molar-refractivity contribution in [2.45, 2.75) is 17.9 Å². The number of hydrogen-bond donors (Lipinski definition) is 1. The van der Waals surface area contributed by atoms with E-state index in [1.807, 2.05) is 0 Å². The minimum Gasteiger partial charge on any atom is -0.460 e. The number of sulfonamides is 1. The molecule has 2 aromatic carbocycles. The Hall–Kier alpha value is -2.11. The second-order valence-corrected chi connectivity index (χ2v) is 7.82. The van der Waals surface area contributed by atoms with E-state index >= 15 is 0 Å². The van der Waals surface area contributed by atoms with Crippen LogP contribution in [0.4, 0.5) is 13.2 Å². The first kappa shape index (κ1) is 21.2. The molecular weight excluding hydrogens is 455 g/mol. The molecule has 0 aromatic heterocycles. The number of halogens is 4. The zero-order valence-electron chi connectivity index (χ0n) is 13.5. The molecule has 0 amide bonds. The Morgan fingerprint density at radius 1 is 1.11 bits per heavy atom. The molecule has 0 heterocycles. The summed E-state index contributed by atoms with van der Waals surface area (Å²) in [6.07, 6.45) is -4.79. The van der Waals surface area contributed by atoms with Gasteiger partial charge in [0.15, 0.2) is 0 Å². The Labute approximate surface area is 161 Å². The molecule has 0 bridgehead atoms. The highest BCUT2D eigenvalue weighted by Gasteiger charge is 2.30. The molecule has 146 valence electrons. The average molecular weight is 468 g/mol. The number of hydrogen-bond acceptors (Lipinski definition) is 5. The van der Waals surface area contributed by atoms with Crippen molar-refractivity contribution in [2.24, 2.45) is 0 Å². The van der Waals surface area contributed by atoms with Gasteiger partial charge >= 0.3 is 12.3 Å². The lowest BCUT2D eigenvalue weighted by Crippen LogP contribution is -2.30. The molecule has 2 aromatic rings. The fourth-order valence-corrected chi connectivity index (χ4v) is 3.44. The second-order valence-electron chi connectivity index (χ2n) is 5.13. The van der Waals surface area contributed by atoms with Crippen LogP contribution in [0.5, 0.6) is 5.75 Å². The van der Waals surface area contributed by atoms with Gasteiger partial charge in [-0.3, -0.25) is 4.79 Å². The maximum atomic E-state index is 12.1. The Morgan fingerprint density at radius 2 is 1.78 bits per heavy atom. The predicted molar refractivity (Wildman–Crippen MR) is 92.3 cm³/mol. The van der Waals surface area contributed by atoms with E-state index in [2.05, 4.69) is 25.4 Å². The van der Waals surface area contributed by atoms with Gasteiger partial charge < -0.3 is 9.47 Å². The number of rotatable bonds is 7. The first-order valence-electron chi connectivity index (χ1n) is 7.31. The lowest BCUT2D eigenvalue weighted by Gasteiger charge is -2.10. The lowest BCUT2D eigenvalue weighted by atomic mass is 10.2. The van der Waals surface area contributed by atoms with E-state index in [1.165, 1.54) is 30.3 Å². The van der Waals surface area contributed by atoms with Gasteiger partial charge in [0.1, 0.15) is 18.9 Å². The van der Waals surface area contributed by atoms with Gasteiger partial charge in [-0.15, -0.1) is 13.2 Å². The van der Waals surface area contributed by atoms with E-state index in [9.17, 15) is 26.4 Å². The van der Waals surface area contributed by atoms with E-state index in [0.29, 0.717) is 10.0 Å². The summed E-state index contributed by atoms with van der Waals surface area (Å²) in [6, 6.07) is 10.7. The molecule has 0 atom stereocenters. The molecule has 0 spiro atoms. The van der Waals surface area contributed by atoms with Gasteiger partial charge in [0.05, 0.1) is 4.90 Å². The van der Waals surface area contributed by atoms with Gasteiger partial charge in [-0.2, -0.15) is 4.72 Å². The second kappa shape index (κ2) is 8.72. The molecule has 0 aliphatic heterocycles. The molecule has 0 saturated carbocycles. The van der Waals surface area contributed by atoms with Crippen LogP contribution in [0.25, 0.3) is 0 Å². The van der Waals surface area contributed by atoms with Crippen molar-refractivity contribution in [1.29, 1.82) is 0 Å². The molecule has 2 rings (SSSR count). The maximum absolute atomic E-state index is 12.1. The number of ether oxygens (including phenoxy) is 2. The zero-order chi connectivity index (χ0) is 20.1. The molecule has 27 heavy (non-hydrogen) atoms. The van der Waals surface area contributed by atoms with Gasteiger partial charge in [-0.05, 0) is 35.9 Å². The zero-order valence-corrected chi connectivity index (χ0v) is 15.9. The van der Waals surface area contributed by atoms with Crippen LogP contribution in [-0.2, 0) is 26.2 Å². The summed E-state index contributed by atoms with van der Waals surface area (Å²) in [5.41, 5.74) is 0.410. The van der Waals surface area contributed by atoms with E-state index in [-0.39, 0.29) is 11.5 Å². The molecule has 11 heteroatoms. The first-order chi connectivity index (χ1) is 12.5. The minimum absolute atomic E-state index is 0.0232. The Bertz CT molecular complexity index is 901. The van der Waals surface area contributed by atoms with Gasteiger partial charge in [0.2, 0.25) is 10.0 Å². The van der Waals surface area contributed by atoms with Gasteiger partial charge in [-0.1, -0.05) is 34.1 Å². The first-order valence-corrected chi connectivity index (χ1v) is 9.58. The van der Waals surface area contributed by atoms with Crippen molar-refractivity contribution < 1.29 is 35.9 Å². The van der Waals surface area contributed by atoms with Crippen molar-refractivity contribution >= 4 is 31.9 Å². The molecule has 6 nitrogen and oxygen atoms in total. The normalized spacial score (nSPS) is 11.9. The number of alkyl halides is 3. The van der Waals surface area contributed by atoms with E-state index in [4.69, 9.17) is 4.74 Å². The lowest BCUT2D eigenvalue weighted by molar-refractivity contribution is -0.274.